The summed E-state index contributed by atoms with van der Waals surface area (Å²) in [5, 5.41) is 2.31. The molecule has 0 unspecified atom stereocenters. The van der Waals surface area contributed by atoms with Crippen LogP contribution in [-0.2, 0) is 0 Å². The van der Waals surface area contributed by atoms with Crippen molar-refractivity contribution in [2.75, 3.05) is 11.9 Å². The third kappa shape index (κ3) is 3.44. The van der Waals surface area contributed by atoms with Crippen LogP contribution in [-0.4, -0.2) is 28.9 Å². The standard InChI is InChI=1S/C10H12ClF4N3/c1-5(2)6-7(11)17-4-18-8(6)16-3-10(14,15)9(12)13/h4-5,9H,3H2,1-2H3,(H,16,17,18). The van der Waals surface area contributed by atoms with Crippen molar-refractivity contribution in [1.29, 1.82) is 0 Å². The second kappa shape index (κ2) is 5.69. The van der Waals surface area contributed by atoms with Gasteiger partial charge in [-0.05, 0) is 5.92 Å². The summed E-state index contributed by atoms with van der Waals surface area (Å²) in [5.41, 5.74) is 0.421. The van der Waals surface area contributed by atoms with Crippen LogP contribution in [0, 0.1) is 0 Å². The number of nitrogens with zero attached hydrogens (tertiary/aromatic N) is 2. The van der Waals surface area contributed by atoms with Gasteiger partial charge in [0, 0.05) is 5.56 Å². The highest BCUT2D eigenvalue weighted by Crippen LogP contribution is 2.29. The van der Waals surface area contributed by atoms with Crippen molar-refractivity contribution in [1.82, 2.24) is 9.97 Å². The normalized spacial score (nSPS) is 12.3. The Bertz CT molecular complexity index is 412. The molecular formula is C10H12ClF4N3. The number of hydrogen-bond acceptors (Lipinski definition) is 3. The Morgan fingerprint density at radius 3 is 2.44 bits per heavy atom. The van der Waals surface area contributed by atoms with Gasteiger partial charge in [0.1, 0.15) is 17.3 Å². The van der Waals surface area contributed by atoms with Crippen molar-refractivity contribution in [2.45, 2.75) is 32.1 Å². The summed E-state index contributed by atoms with van der Waals surface area (Å²) in [6.07, 6.45) is -2.65. The Balaban J connectivity index is 2.89. The zero-order valence-corrected chi connectivity index (χ0v) is 10.5. The lowest BCUT2D eigenvalue weighted by molar-refractivity contribution is -0.117. The van der Waals surface area contributed by atoms with Crippen LogP contribution in [0.3, 0.4) is 0 Å². The maximum Gasteiger partial charge on any atom is 0.324 e. The fourth-order valence-corrected chi connectivity index (χ4v) is 1.66. The van der Waals surface area contributed by atoms with Gasteiger partial charge in [0.15, 0.2) is 0 Å². The summed E-state index contributed by atoms with van der Waals surface area (Å²) in [6.45, 7) is 2.32. The van der Waals surface area contributed by atoms with Crippen LogP contribution >= 0.6 is 11.6 Å². The lowest BCUT2D eigenvalue weighted by Crippen LogP contribution is -2.35. The smallest absolute Gasteiger partial charge is 0.324 e. The van der Waals surface area contributed by atoms with Crippen LogP contribution in [0.5, 0.6) is 0 Å². The van der Waals surface area contributed by atoms with Gasteiger partial charge in [0.05, 0.1) is 6.54 Å². The van der Waals surface area contributed by atoms with Crippen LogP contribution in [0.25, 0.3) is 0 Å². The number of rotatable bonds is 5. The molecule has 0 aliphatic heterocycles. The average molecular weight is 286 g/mol. The largest absolute Gasteiger partial charge is 0.363 e. The Kier molecular flexibility index (Phi) is 4.72. The van der Waals surface area contributed by atoms with Crippen LogP contribution in [0.15, 0.2) is 6.33 Å². The zero-order valence-electron chi connectivity index (χ0n) is 9.72. The van der Waals surface area contributed by atoms with Gasteiger partial charge in [-0.3, -0.25) is 0 Å². The van der Waals surface area contributed by atoms with Crippen LogP contribution in [0.4, 0.5) is 23.4 Å². The SMILES string of the molecule is CC(C)c1c(Cl)ncnc1NCC(F)(F)C(F)F. The van der Waals surface area contributed by atoms with E-state index in [1.54, 1.807) is 13.8 Å². The molecule has 1 heterocycles. The van der Waals surface area contributed by atoms with Gasteiger partial charge >= 0.3 is 12.3 Å². The Labute approximate surface area is 107 Å². The molecule has 0 aromatic carbocycles. The topological polar surface area (TPSA) is 37.8 Å². The molecule has 0 aliphatic carbocycles. The number of hydrogen-bond donors (Lipinski definition) is 1. The number of anilines is 1. The molecule has 0 spiro atoms. The molecule has 1 N–H and O–H groups in total. The van der Waals surface area contributed by atoms with Crippen molar-refractivity contribution >= 4 is 17.4 Å². The lowest BCUT2D eigenvalue weighted by atomic mass is 10.1. The molecule has 0 fully saturated rings. The third-order valence-electron chi connectivity index (χ3n) is 2.22. The molecule has 102 valence electrons. The molecule has 0 saturated heterocycles. The molecule has 18 heavy (non-hydrogen) atoms. The quantitative estimate of drug-likeness (QED) is 0.664. The summed E-state index contributed by atoms with van der Waals surface area (Å²) < 4.78 is 49.6. The molecule has 0 bridgehead atoms. The maximum atomic E-state index is 12.8. The van der Waals surface area contributed by atoms with Crippen LogP contribution < -0.4 is 5.32 Å². The Morgan fingerprint density at radius 2 is 1.94 bits per heavy atom. The van der Waals surface area contributed by atoms with Gasteiger partial charge in [-0.15, -0.1) is 0 Å². The fourth-order valence-electron chi connectivity index (χ4n) is 1.31. The minimum atomic E-state index is -4.12. The van der Waals surface area contributed by atoms with Crippen molar-refractivity contribution in [3.63, 3.8) is 0 Å². The highest BCUT2D eigenvalue weighted by molar-refractivity contribution is 6.30. The highest BCUT2D eigenvalue weighted by Gasteiger charge is 2.40. The van der Waals surface area contributed by atoms with E-state index in [0.717, 1.165) is 6.33 Å². The Hall–Kier alpha value is -1.11. The van der Waals surface area contributed by atoms with Gasteiger partial charge in [-0.2, -0.15) is 8.78 Å². The minimum Gasteiger partial charge on any atom is -0.363 e. The molecule has 1 rings (SSSR count). The van der Waals surface area contributed by atoms with Gasteiger partial charge in [-0.25, -0.2) is 18.7 Å². The molecule has 1 aromatic rings. The molecule has 0 saturated carbocycles. The van der Waals surface area contributed by atoms with E-state index in [0.29, 0.717) is 5.56 Å². The first-order valence-electron chi connectivity index (χ1n) is 5.16. The van der Waals surface area contributed by atoms with Crippen molar-refractivity contribution < 1.29 is 17.6 Å². The van der Waals surface area contributed by atoms with E-state index < -0.39 is 18.9 Å². The van der Waals surface area contributed by atoms with Crippen LogP contribution in [0.1, 0.15) is 25.3 Å². The number of nitrogens with one attached hydrogen (secondary N) is 1. The van der Waals surface area contributed by atoms with E-state index in [-0.39, 0.29) is 16.9 Å². The van der Waals surface area contributed by atoms with Crippen LogP contribution in [0.2, 0.25) is 5.15 Å². The molecule has 0 radical (unpaired) electrons. The second-order valence-electron chi connectivity index (χ2n) is 4.00. The summed E-state index contributed by atoms with van der Waals surface area (Å²) in [5.74, 6) is -4.20. The zero-order chi connectivity index (χ0) is 13.9. The average Bonchev–Trinajstić information content (AvgIpc) is 2.25. The first-order valence-corrected chi connectivity index (χ1v) is 5.53. The van der Waals surface area contributed by atoms with E-state index in [1.165, 1.54) is 0 Å². The first kappa shape index (κ1) is 14.9. The highest BCUT2D eigenvalue weighted by atomic mass is 35.5. The molecule has 0 atom stereocenters. The monoisotopic (exact) mass is 285 g/mol. The number of halogens is 5. The van der Waals surface area contributed by atoms with E-state index in [1.807, 2.05) is 0 Å². The summed E-state index contributed by atoms with van der Waals surface area (Å²) >= 11 is 5.81. The summed E-state index contributed by atoms with van der Waals surface area (Å²) in [4.78, 5) is 7.46. The minimum absolute atomic E-state index is 0.0466. The predicted octanol–water partition coefficient (Wildman–Crippen LogP) is 3.57. The van der Waals surface area contributed by atoms with Gasteiger partial charge < -0.3 is 5.32 Å². The molecule has 3 nitrogen and oxygen atoms in total. The van der Waals surface area contributed by atoms with E-state index in [2.05, 4.69) is 15.3 Å². The number of alkyl halides is 4. The molecule has 1 aromatic heterocycles. The predicted molar refractivity (Wildman–Crippen MR) is 60.6 cm³/mol. The molecule has 8 heteroatoms. The van der Waals surface area contributed by atoms with E-state index in [4.69, 9.17) is 11.6 Å². The lowest BCUT2D eigenvalue weighted by Gasteiger charge is -2.18. The molecule has 0 amide bonds. The van der Waals surface area contributed by atoms with Gasteiger partial charge in [0.25, 0.3) is 0 Å². The third-order valence-corrected chi connectivity index (χ3v) is 2.52. The summed E-state index contributed by atoms with van der Waals surface area (Å²) in [7, 11) is 0. The fraction of sp³-hybridized carbons (Fsp3) is 0.600. The number of aromatic nitrogens is 2. The maximum absolute atomic E-state index is 12.8. The van der Waals surface area contributed by atoms with Crippen molar-refractivity contribution in [2.24, 2.45) is 0 Å². The Morgan fingerprint density at radius 1 is 1.33 bits per heavy atom. The van der Waals surface area contributed by atoms with Gasteiger partial charge in [0.2, 0.25) is 0 Å². The van der Waals surface area contributed by atoms with Crippen molar-refractivity contribution in [3.05, 3.63) is 17.0 Å². The van der Waals surface area contributed by atoms with Crippen molar-refractivity contribution in [3.8, 4) is 0 Å². The second-order valence-corrected chi connectivity index (χ2v) is 4.35. The van der Waals surface area contributed by atoms with E-state index in [9.17, 15) is 17.6 Å². The van der Waals surface area contributed by atoms with E-state index >= 15 is 0 Å². The molecular weight excluding hydrogens is 274 g/mol. The first-order chi connectivity index (χ1) is 8.25. The molecule has 0 aliphatic rings. The van der Waals surface area contributed by atoms with Gasteiger partial charge in [-0.1, -0.05) is 25.4 Å². The summed E-state index contributed by atoms with van der Waals surface area (Å²) in [6, 6.07) is 0.